The van der Waals surface area contributed by atoms with Crippen molar-refractivity contribution in [3.63, 3.8) is 0 Å². The van der Waals surface area contributed by atoms with Crippen LogP contribution in [-0.2, 0) is 10.0 Å². The number of carboxylic acids is 1. The van der Waals surface area contributed by atoms with Crippen molar-refractivity contribution in [1.82, 2.24) is 9.21 Å². The van der Waals surface area contributed by atoms with Crippen LogP contribution in [0.25, 0.3) is 0 Å². The molecule has 0 saturated carbocycles. The predicted molar refractivity (Wildman–Crippen MR) is 81.4 cm³/mol. The normalized spacial score (nSPS) is 18.2. The summed E-state index contributed by atoms with van der Waals surface area (Å²) >= 11 is 0.939. The maximum atomic E-state index is 12.6. The third-order valence-electron chi connectivity index (χ3n) is 4.00. The summed E-state index contributed by atoms with van der Waals surface area (Å²) in [6.07, 6.45) is 1.55. The highest BCUT2D eigenvalue weighted by Crippen LogP contribution is 2.28. The molecule has 0 radical (unpaired) electrons. The molecule has 2 rings (SSSR count). The zero-order chi connectivity index (χ0) is 15.6. The Labute approximate surface area is 129 Å². The van der Waals surface area contributed by atoms with Crippen molar-refractivity contribution >= 4 is 27.3 Å². The number of hydrogen-bond donors (Lipinski definition) is 1. The van der Waals surface area contributed by atoms with Crippen LogP contribution < -0.4 is 0 Å². The van der Waals surface area contributed by atoms with E-state index in [-0.39, 0.29) is 15.8 Å². The average Bonchev–Trinajstić information content (AvgIpc) is 2.97. The second kappa shape index (κ2) is 6.43. The van der Waals surface area contributed by atoms with Crippen molar-refractivity contribution < 1.29 is 18.3 Å². The number of hydrogen-bond acceptors (Lipinski definition) is 5. The minimum atomic E-state index is -3.75. The van der Waals surface area contributed by atoms with Gasteiger partial charge in [0.05, 0.1) is 0 Å². The summed E-state index contributed by atoms with van der Waals surface area (Å²) in [5, 5.41) is 10.6. The molecular weight excluding hydrogens is 312 g/mol. The lowest BCUT2D eigenvalue weighted by atomic mass is 10.1. The topological polar surface area (TPSA) is 77.9 Å². The molecule has 21 heavy (non-hydrogen) atoms. The maximum Gasteiger partial charge on any atom is 0.347 e. The molecule has 2 heterocycles. The second-order valence-corrected chi connectivity index (χ2v) is 7.99. The van der Waals surface area contributed by atoms with Crippen LogP contribution in [0.5, 0.6) is 0 Å². The molecule has 1 aliphatic heterocycles. The fourth-order valence-electron chi connectivity index (χ4n) is 2.61. The van der Waals surface area contributed by atoms with Crippen molar-refractivity contribution in [3.8, 4) is 0 Å². The molecule has 6 nitrogen and oxygen atoms in total. The first kappa shape index (κ1) is 16.4. The molecule has 0 spiro atoms. The van der Waals surface area contributed by atoms with Crippen LogP contribution in [0.3, 0.4) is 0 Å². The van der Waals surface area contributed by atoms with Crippen LogP contribution >= 0.6 is 11.3 Å². The Balaban J connectivity index is 2.19. The van der Waals surface area contributed by atoms with E-state index in [0.717, 1.165) is 43.8 Å². The maximum absolute atomic E-state index is 12.6. The van der Waals surface area contributed by atoms with Gasteiger partial charge in [-0.25, -0.2) is 13.2 Å². The van der Waals surface area contributed by atoms with Gasteiger partial charge in [-0.3, -0.25) is 0 Å². The molecule has 1 aliphatic rings. The lowest BCUT2D eigenvalue weighted by Crippen LogP contribution is -2.45. The molecule has 1 aromatic rings. The Morgan fingerprint density at radius 1 is 1.48 bits per heavy atom. The number of rotatable bonds is 5. The molecule has 8 heteroatoms. The van der Waals surface area contributed by atoms with Crippen molar-refractivity contribution in [1.29, 1.82) is 0 Å². The van der Waals surface area contributed by atoms with Gasteiger partial charge in [-0.2, -0.15) is 4.31 Å². The van der Waals surface area contributed by atoms with Crippen LogP contribution in [0.1, 0.15) is 29.4 Å². The molecule has 1 aromatic heterocycles. The monoisotopic (exact) mass is 332 g/mol. The van der Waals surface area contributed by atoms with Crippen LogP contribution in [0.2, 0.25) is 0 Å². The highest BCUT2D eigenvalue weighted by Gasteiger charge is 2.33. The van der Waals surface area contributed by atoms with Crippen LogP contribution in [0, 0.1) is 0 Å². The van der Waals surface area contributed by atoms with E-state index in [1.807, 2.05) is 0 Å². The Hall–Kier alpha value is -0.960. The van der Waals surface area contributed by atoms with E-state index in [4.69, 9.17) is 5.11 Å². The van der Waals surface area contributed by atoms with Gasteiger partial charge in [0.1, 0.15) is 9.77 Å². The number of nitrogens with zero attached hydrogens (tertiary/aromatic N) is 2. The summed E-state index contributed by atoms with van der Waals surface area (Å²) in [6, 6.07) is 1.31. The highest BCUT2D eigenvalue weighted by molar-refractivity contribution is 7.89. The van der Waals surface area contributed by atoms with Crippen LogP contribution in [0.4, 0.5) is 0 Å². The van der Waals surface area contributed by atoms with E-state index >= 15 is 0 Å². The van der Waals surface area contributed by atoms with Crippen LogP contribution in [0.15, 0.2) is 16.3 Å². The summed E-state index contributed by atoms with van der Waals surface area (Å²) in [4.78, 5) is 13.2. The molecule has 0 atom stereocenters. The highest BCUT2D eigenvalue weighted by atomic mass is 32.2. The van der Waals surface area contributed by atoms with Crippen molar-refractivity contribution in [3.05, 3.63) is 16.3 Å². The number of carbonyl (C=O) groups is 1. The number of piperidine rings is 1. The van der Waals surface area contributed by atoms with Gasteiger partial charge in [0.15, 0.2) is 0 Å². The van der Waals surface area contributed by atoms with Gasteiger partial charge < -0.3 is 10.0 Å². The predicted octanol–water partition coefficient (Wildman–Crippen LogP) is 1.55. The minimum absolute atomic E-state index is 0.0701. The lowest BCUT2D eigenvalue weighted by molar-refractivity contribution is 0.0698. The minimum Gasteiger partial charge on any atom is -0.477 e. The standard InChI is InChI=1S/C13H20N2O4S2/c1-3-15-7-4-10(5-8-15)14(2)21(18,19)11-6-9-20-12(11)13(16)17/h6,9-10H,3-5,7-8H2,1-2H3,(H,16,17). The quantitative estimate of drug-likeness (QED) is 0.885. The van der Waals surface area contributed by atoms with Gasteiger partial charge in [-0.1, -0.05) is 6.92 Å². The molecule has 1 saturated heterocycles. The number of carboxylic acid groups (broad SMARTS) is 1. The summed E-state index contributed by atoms with van der Waals surface area (Å²) in [6.45, 7) is 4.80. The summed E-state index contributed by atoms with van der Waals surface area (Å²) in [5.74, 6) is -1.20. The van der Waals surface area contributed by atoms with Crippen molar-refractivity contribution in [2.75, 3.05) is 26.7 Å². The molecular formula is C13H20N2O4S2. The summed E-state index contributed by atoms with van der Waals surface area (Å²) < 4.78 is 26.6. The Kier molecular flexibility index (Phi) is 5.03. The Bertz CT molecular complexity index is 603. The first-order chi connectivity index (χ1) is 9.87. The van der Waals surface area contributed by atoms with E-state index in [9.17, 15) is 13.2 Å². The summed E-state index contributed by atoms with van der Waals surface area (Å²) in [5.41, 5.74) is 0. The first-order valence-electron chi connectivity index (χ1n) is 6.89. The number of thiophene rings is 1. The molecule has 0 unspecified atom stereocenters. The van der Waals surface area contributed by atoms with E-state index < -0.39 is 16.0 Å². The van der Waals surface area contributed by atoms with Gasteiger partial charge in [-0.05, 0) is 43.9 Å². The summed E-state index contributed by atoms with van der Waals surface area (Å²) in [7, 11) is -2.20. The zero-order valence-electron chi connectivity index (χ0n) is 12.2. The first-order valence-corrected chi connectivity index (χ1v) is 9.21. The molecule has 118 valence electrons. The third-order valence-corrected chi connectivity index (χ3v) is 6.98. The third kappa shape index (κ3) is 3.28. The van der Waals surface area contributed by atoms with E-state index in [2.05, 4.69) is 11.8 Å². The zero-order valence-corrected chi connectivity index (χ0v) is 13.8. The lowest BCUT2D eigenvalue weighted by Gasteiger charge is -2.35. The Morgan fingerprint density at radius 2 is 2.10 bits per heavy atom. The van der Waals surface area contributed by atoms with Crippen molar-refractivity contribution in [2.24, 2.45) is 0 Å². The molecule has 0 amide bonds. The fourth-order valence-corrected chi connectivity index (χ4v) is 5.25. The average molecular weight is 332 g/mol. The molecule has 0 aliphatic carbocycles. The molecule has 1 fully saturated rings. The largest absolute Gasteiger partial charge is 0.477 e. The van der Waals surface area contributed by atoms with Gasteiger partial charge in [0.2, 0.25) is 10.0 Å². The second-order valence-electron chi connectivity index (χ2n) is 5.11. The van der Waals surface area contributed by atoms with Crippen LogP contribution in [-0.4, -0.2) is 61.4 Å². The van der Waals surface area contributed by atoms with Gasteiger partial charge >= 0.3 is 5.97 Å². The SMILES string of the molecule is CCN1CCC(N(C)S(=O)(=O)c2ccsc2C(=O)O)CC1. The van der Waals surface area contributed by atoms with Crippen molar-refractivity contribution in [2.45, 2.75) is 30.7 Å². The number of likely N-dealkylation sites (tertiary alicyclic amines) is 1. The smallest absolute Gasteiger partial charge is 0.347 e. The number of sulfonamides is 1. The van der Waals surface area contributed by atoms with Gasteiger partial charge in [-0.15, -0.1) is 11.3 Å². The Morgan fingerprint density at radius 3 is 2.62 bits per heavy atom. The van der Waals surface area contributed by atoms with E-state index in [0.29, 0.717) is 0 Å². The van der Waals surface area contributed by atoms with Gasteiger partial charge in [0.25, 0.3) is 0 Å². The molecule has 0 bridgehead atoms. The van der Waals surface area contributed by atoms with E-state index in [1.54, 1.807) is 7.05 Å². The number of aromatic carboxylic acids is 1. The molecule has 0 aromatic carbocycles. The molecule has 1 N–H and O–H groups in total. The fraction of sp³-hybridized carbons (Fsp3) is 0.615. The van der Waals surface area contributed by atoms with Gasteiger partial charge in [0, 0.05) is 13.1 Å². The van der Waals surface area contributed by atoms with E-state index in [1.165, 1.54) is 15.8 Å².